The minimum Gasteiger partial charge on any atom is -0.490 e. The highest BCUT2D eigenvalue weighted by Crippen LogP contribution is 2.25. The van der Waals surface area contributed by atoms with E-state index in [0.29, 0.717) is 6.10 Å². The molecule has 22 heavy (non-hydrogen) atoms. The second-order valence-corrected chi connectivity index (χ2v) is 6.62. The van der Waals surface area contributed by atoms with Crippen molar-refractivity contribution in [3.05, 3.63) is 42.2 Å². The monoisotopic (exact) mass is 313 g/mol. The van der Waals surface area contributed by atoms with Crippen LogP contribution in [-0.4, -0.2) is 34.8 Å². The van der Waals surface area contributed by atoms with Crippen LogP contribution in [0.5, 0.6) is 5.75 Å². The molecular weight excluding hydrogens is 294 g/mol. The summed E-state index contributed by atoms with van der Waals surface area (Å²) in [7, 11) is 0. The van der Waals surface area contributed by atoms with E-state index in [-0.39, 0.29) is 0 Å². The molecule has 2 aliphatic heterocycles. The first kappa shape index (κ1) is 13.9. The van der Waals surface area contributed by atoms with E-state index >= 15 is 0 Å². The van der Waals surface area contributed by atoms with Gasteiger partial charge in [-0.05, 0) is 61.9 Å². The van der Waals surface area contributed by atoms with Gasteiger partial charge in [0, 0.05) is 30.3 Å². The van der Waals surface area contributed by atoms with Gasteiger partial charge < -0.3 is 9.64 Å². The molecular formula is C17H19N3OS. The Kier molecular flexibility index (Phi) is 3.89. The first-order chi connectivity index (χ1) is 10.9. The predicted octanol–water partition coefficient (Wildman–Crippen LogP) is 3.64. The largest absolute Gasteiger partial charge is 0.490 e. The van der Waals surface area contributed by atoms with Crippen LogP contribution in [0.3, 0.4) is 0 Å². The van der Waals surface area contributed by atoms with Gasteiger partial charge in [-0.25, -0.2) is 0 Å². The minimum absolute atomic E-state index is 0.399. The van der Waals surface area contributed by atoms with Crippen molar-refractivity contribution in [3.63, 3.8) is 0 Å². The van der Waals surface area contributed by atoms with Crippen LogP contribution in [0, 0.1) is 0 Å². The van der Waals surface area contributed by atoms with E-state index in [2.05, 4.69) is 38.6 Å². The molecule has 0 saturated heterocycles. The van der Waals surface area contributed by atoms with Crippen LogP contribution < -0.4 is 4.74 Å². The van der Waals surface area contributed by atoms with Gasteiger partial charge in [0.15, 0.2) is 5.84 Å². The molecule has 0 unspecified atom stereocenters. The number of fused-ring (bicyclic) bond motifs is 1. The fraction of sp³-hybridized carbons (Fsp3) is 0.412. The maximum absolute atomic E-state index is 6.03. The second kappa shape index (κ2) is 6.16. The SMILES string of the molecule is C1=CN2CCSN=C2C(c2ccc(OC3CCCC3)cc2)=N1. The Labute approximate surface area is 135 Å². The zero-order valence-corrected chi connectivity index (χ0v) is 13.3. The predicted molar refractivity (Wildman–Crippen MR) is 91.6 cm³/mol. The highest BCUT2D eigenvalue weighted by molar-refractivity contribution is 7.98. The van der Waals surface area contributed by atoms with E-state index in [9.17, 15) is 0 Å². The number of hydrogen-bond acceptors (Lipinski definition) is 5. The number of ether oxygens (including phenoxy) is 1. The molecule has 0 amide bonds. The van der Waals surface area contributed by atoms with Crippen molar-refractivity contribution in [2.75, 3.05) is 12.3 Å². The van der Waals surface area contributed by atoms with E-state index in [1.54, 1.807) is 11.9 Å². The molecule has 0 aromatic heterocycles. The van der Waals surface area contributed by atoms with Crippen molar-refractivity contribution in [2.24, 2.45) is 9.39 Å². The van der Waals surface area contributed by atoms with Crippen molar-refractivity contribution in [1.29, 1.82) is 0 Å². The molecule has 0 atom stereocenters. The zero-order valence-electron chi connectivity index (χ0n) is 12.4. The van der Waals surface area contributed by atoms with E-state index in [4.69, 9.17) is 4.74 Å². The van der Waals surface area contributed by atoms with Crippen molar-refractivity contribution in [3.8, 4) is 5.75 Å². The van der Waals surface area contributed by atoms with E-state index in [0.717, 1.165) is 35.2 Å². The van der Waals surface area contributed by atoms with Gasteiger partial charge in [0.1, 0.15) is 11.5 Å². The molecule has 0 bridgehead atoms. The Balaban J connectivity index is 1.53. The van der Waals surface area contributed by atoms with Gasteiger partial charge in [-0.15, -0.1) is 0 Å². The molecule has 1 fully saturated rings. The standard InChI is InChI=1S/C17H19N3OS/c1-2-4-14(3-1)21-15-7-5-13(6-8-15)16-17-19-22-12-11-20(17)10-9-18-16/h5-10,14H,1-4,11-12H2. The van der Waals surface area contributed by atoms with E-state index < -0.39 is 0 Å². The molecule has 4 rings (SSSR count). The summed E-state index contributed by atoms with van der Waals surface area (Å²) in [5, 5.41) is 0. The fourth-order valence-corrected chi connectivity index (χ4v) is 3.75. The molecule has 5 heteroatoms. The highest BCUT2D eigenvalue weighted by atomic mass is 32.2. The summed E-state index contributed by atoms with van der Waals surface area (Å²) in [5.41, 5.74) is 2.04. The lowest BCUT2D eigenvalue weighted by molar-refractivity contribution is 0.210. The molecule has 1 aromatic carbocycles. The van der Waals surface area contributed by atoms with Gasteiger partial charge in [-0.3, -0.25) is 4.99 Å². The van der Waals surface area contributed by atoms with Crippen LogP contribution in [0.25, 0.3) is 0 Å². The molecule has 1 aromatic rings. The molecule has 0 radical (unpaired) electrons. The van der Waals surface area contributed by atoms with Crippen molar-refractivity contribution in [2.45, 2.75) is 31.8 Å². The van der Waals surface area contributed by atoms with Crippen LogP contribution in [0.15, 0.2) is 46.1 Å². The van der Waals surface area contributed by atoms with Gasteiger partial charge in [-0.1, -0.05) is 0 Å². The van der Waals surface area contributed by atoms with Crippen LogP contribution in [-0.2, 0) is 0 Å². The van der Waals surface area contributed by atoms with Crippen LogP contribution in [0.2, 0.25) is 0 Å². The summed E-state index contributed by atoms with van der Waals surface area (Å²) in [6.07, 6.45) is 9.20. The molecule has 0 N–H and O–H groups in total. The highest BCUT2D eigenvalue weighted by Gasteiger charge is 2.23. The number of nitrogens with zero attached hydrogens (tertiary/aromatic N) is 3. The lowest BCUT2D eigenvalue weighted by atomic mass is 10.1. The normalized spacial score (nSPS) is 21.4. The average molecular weight is 313 g/mol. The number of hydrogen-bond donors (Lipinski definition) is 0. The molecule has 114 valence electrons. The topological polar surface area (TPSA) is 37.2 Å². The Morgan fingerprint density at radius 2 is 1.95 bits per heavy atom. The van der Waals surface area contributed by atoms with Gasteiger partial charge in [0.2, 0.25) is 0 Å². The van der Waals surface area contributed by atoms with Crippen molar-refractivity contribution >= 4 is 23.5 Å². The summed E-state index contributed by atoms with van der Waals surface area (Å²) in [5.74, 6) is 2.94. The van der Waals surface area contributed by atoms with Crippen LogP contribution in [0.1, 0.15) is 31.2 Å². The summed E-state index contributed by atoms with van der Waals surface area (Å²) < 4.78 is 10.6. The van der Waals surface area contributed by atoms with E-state index in [1.165, 1.54) is 25.7 Å². The van der Waals surface area contributed by atoms with Crippen molar-refractivity contribution < 1.29 is 4.74 Å². The quantitative estimate of drug-likeness (QED) is 0.799. The Morgan fingerprint density at radius 3 is 2.77 bits per heavy atom. The second-order valence-electron chi connectivity index (χ2n) is 5.77. The summed E-state index contributed by atoms with van der Waals surface area (Å²) in [6, 6.07) is 8.27. The third-order valence-electron chi connectivity index (χ3n) is 4.24. The Morgan fingerprint density at radius 1 is 1.14 bits per heavy atom. The first-order valence-electron chi connectivity index (χ1n) is 7.89. The van der Waals surface area contributed by atoms with Gasteiger partial charge in [0.05, 0.1) is 6.10 Å². The summed E-state index contributed by atoms with van der Waals surface area (Å²) >= 11 is 1.61. The number of aliphatic imine (C=N–C) groups is 1. The number of benzene rings is 1. The molecule has 3 aliphatic rings. The third-order valence-corrected chi connectivity index (χ3v) is 4.91. The van der Waals surface area contributed by atoms with Gasteiger partial charge in [-0.2, -0.15) is 4.40 Å². The average Bonchev–Trinajstić information content (AvgIpc) is 3.08. The van der Waals surface area contributed by atoms with E-state index in [1.807, 2.05) is 12.4 Å². The maximum atomic E-state index is 6.03. The molecule has 0 spiro atoms. The lowest BCUT2D eigenvalue weighted by Crippen LogP contribution is -2.38. The maximum Gasteiger partial charge on any atom is 0.167 e. The third kappa shape index (κ3) is 2.77. The van der Waals surface area contributed by atoms with Crippen LogP contribution >= 0.6 is 11.9 Å². The van der Waals surface area contributed by atoms with Gasteiger partial charge in [0.25, 0.3) is 0 Å². The number of rotatable bonds is 3. The molecule has 2 heterocycles. The lowest BCUT2D eigenvalue weighted by Gasteiger charge is -2.28. The van der Waals surface area contributed by atoms with Crippen LogP contribution in [0.4, 0.5) is 0 Å². The first-order valence-corrected chi connectivity index (χ1v) is 8.83. The smallest absolute Gasteiger partial charge is 0.167 e. The minimum atomic E-state index is 0.399. The zero-order chi connectivity index (χ0) is 14.8. The van der Waals surface area contributed by atoms with Gasteiger partial charge >= 0.3 is 0 Å². The molecule has 1 saturated carbocycles. The molecule has 4 nitrogen and oxygen atoms in total. The summed E-state index contributed by atoms with van der Waals surface area (Å²) in [6.45, 7) is 0.988. The fourth-order valence-electron chi connectivity index (χ4n) is 3.07. The molecule has 1 aliphatic carbocycles. The van der Waals surface area contributed by atoms with Crippen molar-refractivity contribution in [1.82, 2.24) is 4.90 Å². The Hall–Kier alpha value is -1.75. The summed E-state index contributed by atoms with van der Waals surface area (Å²) in [4.78, 5) is 6.69. The number of amidine groups is 1. The Bertz CT molecular complexity index is 630.